The van der Waals surface area contributed by atoms with E-state index in [1.807, 2.05) is 0 Å². The third kappa shape index (κ3) is 6.63. The summed E-state index contributed by atoms with van der Waals surface area (Å²) in [6.07, 6.45) is 1.26. The number of carbonyl (C=O) groups is 1. The molecule has 0 aromatic carbocycles. The van der Waals surface area contributed by atoms with Crippen LogP contribution in [-0.2, 0) is 4.79 Å². The van der Waals surface area contributed by atoms with E-state index >= 15 is 0 Å². The van der Waals surface area contributed by atoms with Crippen molar-refractivity contribution in [1.82, 2.24) is 5.32 Å². The maximum absolute atomic E-state index is 12.5. The average molecular weight is 405 g/mol. The second-order valence-corrected chi connectivity index (χ2v) is 6.56. The Morgan fingerprint density at radius 3 is 2.20 bits per heavy atom. The van der Waals surface area contributed by atoms with E-state index in [0.717, 1.165) is 17.3 Å². The summed E-state index contributed by atoms with van der Waals surface area (Å²) in [5.41, 5.74) is 0. The van der Waals surface area contributed by atoms with E-state index in [1.54, 1.807) is 0 Å². The lowest BCUT2D eigenvalue weighted by atomic mass is 9.81. The van der Waals surface area contributed by atoms with Crippen LogP contribution >= 0.6 is 22.6 Å². The van der Waals surface area contributed by atoms with Crippen molar-refractivity contribution in [2.24, 2.45) is 11.8 Å². The Bertz CT molecular complexity index is 289. The summed E-state index contributed by atoms with van der Waals surface area (Å²) in [5, 5.41) is 2.86. The molecule has 0 unspecified atom stereocenters. The average Bonchev–Trinajstić information content (AvgIpc) is 2.41. The highest BCUT2D eigenvalue weighted by Crippen LogP contribution is 2.39. The monoisotopic (exact) mass is 405 g/mol. The molecule has 1 aliphatic rings. The van der Waals surface area contributed by atoms with Crippen LogP contribution in [-0.4, -0.2) is 23.1 Å². The van der Waals surface area contributed by atoms with Crippen LogP contribution in [0.5, 0.6) is 0 Å². The van der Waals surface area contributed by atoms with Crippen LogP contribution in [0.15, 0.2) is 0 Å². The fourth-order valence-electron chi connectivity index (χ4n) is 2.61. The lowest BCUT2D eigenvalue weighted by Crippen LogP contribution is -2.36. The van der Waals surface area contributed by atoms with Gasteiger partial charge in [0.2, 0.25) is 5.91 Å². The van der Waals surface area contributed by atoms with Crippen LogP contribution in [0.1, 0.15) is 51.4 Å². The van der Waals surface area contributed by atoms with Crippen LogP contribution in [0.2, 0.25) is 0 Å². The first-order valence-corrected chi connectivity index (χ1v) is 8.88. The number of unbranched alkanes of at least 4 members (excludes halogenated alkanes) is 3. The largest absolute Gasteiger partial charge is 0.391 e. The molecular weight excluding hydrogens is 382 g/mol. The Hall–Kier alpha value is -0.0100. The lowest BCUT2D eigenvalue weighted by Gasteiger charge is -2.29. The van der Waals surface area contributed by atoms with Crippen LogP contribution in [0.25, 0.3) is 0 Å². The molecule has 1 N–H and O–H groups in total. The fraction of sp³-hybridized carbons (Fsp3) is 0.929. The molecule has 0 aliphatic heterocycles. The Morgan fingerprint density at radius 2 is 1.65 bits per heavy atom. The van der Waals surface area contributed by atoms with Gasteiger partial charge in [-0.3, -0.25) is 4.79 Å². The molecule has 20 heavy (non-hydrogen) atoms. The molecule has 1 aliphatic carbocycles. The van der Waals surface area contributed by atoms with E-state index in [-0.39, 0.29) is 24.7 Å². The van der Waals surface area contributed by atoms with Crippen molar-refractivity contribution in [3.05, 3.63) is 0 Å². The van der Waals surface area contributed by atoms with E-state index in [9.17, 15) is 18.0 Å². The second kappa shape index (κ2) is 9.10. The predicted molar refractivity (Wildman–Crippen MR) is 81.9 cm³/mol. The predicted octanol–water partition coefficient (Wildman–Crippen LogP) is 4.47. The van der Waals surface area contributed by atoms with E-state index in [0.29, 0.717) is 19.4 Å². The van der Waals surface area contributed by atoms with Gasteiger partial charge in [-0.05, 0) is 43.0 Å². The van der Waals surface area contributed by atoms with Crippen LogP contribution in [0, 0.1) is 11.8 Å². The minimum atomic E-state index is -4.10. The van der Waals surface area contributed by atoms with Gasteiger partial charge in [0.05, 0.1) is 5.92 Å². The smallest absolute Gasteiger partial charge is 0.356 e. The fourth-order valence-corrected chi connectivity index (χ4v) is 3.15. The number of carbonyl (C=O) groups excluding carboxylic acids is 1. The molecule has 118 valence electrons. The van der Waals surface area contributed by atoms with Gasteiger partial charge in [-0.1, -0.05) is 35.4 Å². The van der Waals surface area contributed by atoms with Crippen molar-refractivity contribution in [2.45, 2.75) is 57.5 Å². The molecule has 0 heterocycles. The molecule has 1 rings (SSSR count). The summed E-state index contributed by atoms with van der Waals surface area (Å²) in [7, 11) is 0. The van der Waals surface area contributed by atoms with Crippen LogP contribution in [0.3, 0.4) is 0 Å². The zero-order valence-corrected chi connectivity index (χ0v) is 13.8. The molecule has 0 spiro atoms. The number of alkyl halides is 4. The van der Waals surface area contributed by atoms with Crippen LogP contribution in [0.4, 0.5) is 13.2 Å². The zero-order chi connectivity index (χ0) is 15.0. The highest BCUT2D eigenvalue weighted by atomic mass is 127. The number of hydrogen-bond donors (Lipinski definition) is 1. The highest BCUT2D eigenvalue weighted by Gasteiger charge is 2.42. The zero-order valence-electron chi connectivity index (χ0n) is 11.6. The number of halogens is 4. The van der Waals surface area contributed by atoms with Gasteiger partial charge >= 0.3 is 6.18 Å². The molecule has 6 heteroatoms. The molecule has 0 saturated heterocycles. The number of amides is 1. The van der Waals surface area contributed by atoms with Gasteiger partial charge in [-0.15, -0.1) is 0 Å². The molecule has 0 atom stereocenters. The normalized spacial score (nSPS) is 23.6. The van der Waals surface area contributed by atoms with Gasteiger partial charge in [0.1, 0.15) is 0 Å². The van der Waals surface area contributed by atoms with Gasteiger partial charge in [0.25, 0.3) is 0 Å². The first-order chi connectivity index (χ1) is 9.45. The Balaban J connectivity index is 2.13. The number of nitrogens with one attached hydrogen (secondary N) is 1. The van der Waals surface area contributed by atoms with Gasteiger partial charge in [0, 0.05) is 12.5 Å². The van der Waals surface area contributed by atoms with Gasteiger partial charge < -0.3 is 5.32 Å². The minimum Gasteiger partial charge on any atom is -0.356 e. The molecular formula is C14H23F3INO. The van der Waals surface area contributed by atoms with Crippen molar-refractivity contribution in [1.29, 1.82) is 0 Å². The minimum absolute atomic E-state index is 0.0560. The summed E-state index contributed by atoms with van der Waals surface area (Å²) in [6, 6.07) is 0. The molecule has 2 nitrogen and oxygen atoms in total. The molecule has 0 bridgehead atoms. The first kappa shape index (κ1) is 18.0. The van der Waals surface area contributed by atoms with Crippen LogP contribution < -0.4 is 5.32 Å². The molecule has 0 radical (unpaired) electrons. The Kier molecular flexibility index (Phi) is 8.21. The molecule has 1 amide bonds. The van der Waals surface area contributed by atoms with Gasteiger partial charge in [-0.25, -0.2) is 0 Å². The molecule has 0 aromatic heterocycles. The molecule has 1 fully saturated rings. The lowest BCUT2D eigenvalue weighted by molar-refractivity contribution is -0.184. The third-order valence-electron chi connectivity index (χ3n) is 3.92. The quantitative estimate of drug-likeness (QED) is 0.378. The van der Waals surface area contributed by atoms with Crippen molar-refractivity contribution < 1.29 is 18.0 Å². The van der Waals surface area contributed by atoms with Crippen molar-refractivity contribution in [3.63, 3.8) is 0 Å². The third-order valence-corrected chi connectivity index (χ3v) is 4.68. The maximum Gasteiger partial charge on any atom is 0.391 e. The van der Waals surface area contributed by atoms with Gasteiger partial charge in [-0.2, -0.15) is 13.2 Å². The molecule has 0 aromatic rings. The molecule has 1 saturated carbocycles. The van der Waals surface area contributed by atoms with E-state index in [4.69, 9.17) is 0 Å². The summed E-state index contributed by atoms with van der Waals surface area (Å²) in [4.78, 5) is 11.8. The second-order valence-electron chi connectivity index (χ2n) is 5.48. The summed E-state index contributed by atoms with van der Waals surface area (Å²) in [5.74, 6) is -1.48. The Morgan fingerprint density at radius 1 is 1.05 bits per heavy atom. The van der Waals surface area contributed by atoms with E-state index in [2.05, 4.69) is 27.9 Å². The number of hydrogen-bond acceptors (Lipinski definition) is 1. The van der Waals surface area contributed by atoms with Crippen molar-refractivity contribution >= 4 is 28.5 Å². The highest BCUT2D eigenvalue weighted by molar-refractivity contribution is 14.1. The maximum atomic E-state index is 12.5. The van der Waals surface area contributed by atoms with Crippen molar-refractivity contribution in [3.8, 4) is 0 Å². The number of rotatable bonds is 7. The summed E-state index contributed by atoms with van der Waals surface area (Å²) in [6.45, 7) is 0.652. The van der Waals surface area contributed by atoms with E-state index < -0.39 is 12.1 Å². The Labute approximate surface area is 132 Å². The van der Waals surface area contributed by atoms with Crippen molar-refractivity contribution in [2.75, 3.05) is 11.0 Å². The standard InChI is InChI=1S/C14H23F3INO/c15-14(16,17)12-7-5-11(6-8-12)13(20)19-10-4-2-1-3-9-18/h11-12H,1-10H2,(H,19,20). The first-order valence-electron chi connectivity index (χ1n) is 7.35. The SMILES string of the molecule is O=C(NCCCCCCI)C1CCC(C(F)(F)F)CC1. The summed E-state index contributed by atoms with van der Waals surface area (Å²) >= 11 is 2.35. The summed E-state index contributed by atoms with van der Waals surface area (Å²) < 4.78 is 38.7. The van der Waals surface area contributed by atoms with Gasteiger partial charge in [0.15, 0.2) is 0 Å². The topological polar surface area (TPSA) is 29.1 Å². The van der Waals surface area contributed by atoms with E-state index in [1.165, 1.54) is 12.8 Å².